The summed E-state index contributed by atoms with van der Waals surface area (Å²) >= 11 is 0. The second-order valence-corrected chi connectivity index (χ2v) is 9.68. The molecule has 1 aromatic heterocycles. The van der Waals surface area contributed by atoms with Gasteiger partial charge < -0.3 is 9.47 Å². The standard InChI is InChI=1S/C19H32N2O3S/c1-7-23-19(24-8-2)11-15(12-19)17(21-25(22)18(4,5)6)16-10-9-14(3)13-20-16/h9-10,13,15,17,21H,7-8,11-12H2,1-6H3. The highest BCUT2D eigenvalue weighted by molar-refractivity contribution is 7.84. The number of hydrogen-bond acceptors (Lipinski definition) is 4. The summed E-state index contributed by atoms with van der Waals surface area (Å²) in [6.07, 6.45) is 3.42. The predicted molar refractivity (Wildman–Crippen MR) is 101 cm³/mol. The van der Waals surface area contributed by atoms with Crippen LogP contribution < -0.4 is 4.72 Å². The van der Waals surface area contributed by atoms with E-state index in [2.05, 4.69) is 9.71 Å². The molecule has 6 heteroatoms. The monoisotopic (exact) mass is 368 g/mol. The lowest BCUT2D eigenvalue weighted by molar-refractivity contribution is -0.294. The minimum absolute atomic E-state index is 0.0744. The highest BCUT2D eigenvalue weighted by Crippen LogP contribution is 2.48. The molecule has 1 N–H and O–H groups in total. The van der Waals surface area contributed by atoms with E-state index in [1.165, 1.54) is 0 Å². The lowest BCUT2D eigenvalue weighted by atomic mass is 9.73. The highest BCUT2D eigenvalue weighted by atomic mass is 32.2. The molecule has 0 spiro atoms. The van der Waals surface area contributed by atoms with E-state index in [1.54, 1.807) is 0 Å². The molecule has 25 heavy (non-hydrogen) atoms. The van der Waals surface area contributed by atoms with Crippen molar-refractivity contribution < 1.29 is 13.7 Å². The van der Waals surface area contributed by atoms with Crippen molar-refractivity contribution in [3.63, 3.8) is 0 Å². The molecule has 2 rings (SSSR count). The Labute approximate surface area is 154 Å². The first-order chi connectivity index (χ1) is 11.7. The zero-order valence-corrected chi connectivity index (χ0v) is 17.1. The zero-order chi connectivity index (χ0) is 18.7. The minimum atomic E-state index is -1.17. The van der Waals surface area contributed by atoms with Crippen LogP contribution in [0.4, 0.5) is 0 Å². The largest absolute Gasteiger partial charge is 0.350 e. The Morgan fingerprint density at radius 1 is 1.28 bits per heavy atom. The number of pyridine rings is 1. The first kappa shape index (κ1) is 20.5. The van der Waals surface area contributed by atoms with Crippen LogP contribution in [-0.4, -0.2) is 32.9 Å². The smallest absolute Gasteiger partial charge is 0.168 e. The molecule has 1 aromatic rings. The summed E-state index contributed by atoms with van der Waals surface area (Å²) in [6.45, 7) is 13.2. The van der Waals surface area contributed by atoms with Crippen molar-refractivity contribution in [2.75, 3.05) is 13.2 Å². The Morgan fingerprint density at radius 2 is 1.88 bits per heavy atom. The molecular formula is C19H32N2O3S. The number of nitrogens with one attached hydrogen (secondary N) is 1. The molecule has 1 heterocycles. The average Bonchev–Trinajstić information content (AvgIpc) is 2.50. The van der Waals surface area contributed by atoms with Crippen LogP contribution in [0.2, 0.25) is 0 Å². The Hall–Kier alpha value is -0.820. The van der Waals surface area contributed by atoms with Gasteiger partial charge in [0.05, 0.1) is 27.5 Å². The van der Waals surface area contributed by atoms with Gasteiger partial charge in [-0.25, -0.2) is 8.93 Å². The van der Waals surface area contributed by atoms with Gasteiger partial charge in [0.2, 0.25) is 0 Å². The van der Waals surface area contributed by atoms with Crippen molar-refractivity contribution in [3.8, 4) is 0 Å². The molecule has 2 unspecified atom stereocenters. The molecule has 5 nitrogen and oxygen atoms in total. The third-order valence-electron chi connectivity index (χ3n) is 4.48. The Bertz CT molecular complexity index is 569. The van der Waals surface area contributed by atoms with Crippen LogP contribution in [-0.2, 0) is 20.5 Å². The van der Waals surface area contributed by atoms with E-state index in [0.29, 0.717) is 13.2 Å². The number of nitrogens with zero attached hydrogens (tertiary/aromatic N) is 1. The number of hydrogen-bond donors (Lipinski definition) is 1. The number of aryl methyl sites for hydroxylation is 1. The van der Waals surface area contributed by atoms with Crippen molar-refractivity contribution in [1.29, 1.82) is 0 Å². The SMILES string of the molecule is CCOC1(OCC)CC(C(NS(=O)C(C)(C)C)c2ccc(C)cn2)C1. The van der Waals surface area contributed by atoms with Crippen molar-refractivity contribution >= 4 is 11.0 Å². The molecule has 1 saturated carbocycles. The van der Waals surface area contributed by atoms with E-state index in [4.69, 9.17) is 9.47 Å². The molecule has 0 radical (unpaired) electrons. The van der Waals surface area contributed by atoms with Crippen molar-refractivity contribution in [1.82, 2.24) is 9.71 Å². The van der Waals surface area contributed by atoms with E-state index >= 15 is 0 Å². The van der Waals surface area contributed by atoms with Crippen molar-refractivity contribution in [2.45, 2.75) is 71.0 Å². The maximum atomic E-state index is 12.7. The summed E-state index contributed by atoms with van der Waals surface area (Å²) in [5, 5.41) is 0. The van der Waals surface area contributed by atoms with Crippen molar-refractivity contribution in [3.05, 3.63) is 29.6 Å². The molecule has 1 fully saturated rings. The Balaban J connectivity index is 2.18. The summed E-state index contributed by atoms with van der Waals surface area (Å²) in [6, 6.07) is 4.00. The molecule has 1 aliphatic rings. The van der Waals surface area contributed by atoms with E-state index in [0.717, 1.165) is 24.1 Å². The molecule has 0 aromatic carbocycles. The third kappa shape index (κ3) is 5.09. The van der Waals surface area contributed by atoms with Crippen LogP contribution in [0.1, 0.15) is 64.8 Å². The van der Waals surface area contributed by atoms with E-state index in [9.17, 15) is 4.21 Å². The normalized spacial score (nSPS) is 20.1. The highest BCUT2D eigenvalue weighted by Gasteiger charge is 2.50. The molecule has 2 atom stereocenters. The van der Waals surface area contributed by atoms with Crippen molar-refractivity contribution in [2.24, 2.45) is 5.92 Å². The topological polar surface area (TPSA) is 60.5 Å². The summed E-state index contributed by atoms with van der Waals surface area (Å²) in [4.78, 5) is 4.58. The van der Waals surface area contributed by atoms with Gasteiger partial charge in [-0.3, -0.25) is 4.98 Å². The minimum Gasteiger partial charge on any atom is -0.350 e. The van der Waals surface area contributed by atoms with Gasteiger partial charge in [-0.15, -0.1) is 0 Å². The van der Waals surface area contributed by atoms with E-state index in [1.807, 2.05) is 59.9 Å². The maximum Gasteiger partial charge on any atom is 0.168 e. The number of rotatable bonds is 8. The Morgan fingerprint density at radius 3 is 2.32 bits per heavy atom. The average molecular weight is 369 g/mol. The molecule has 0 saturated heterocycles. The lowest BCUT2D eigenvalue weighted by Gasteiger charge is -2.49. The Kier molecular flexibility index (Phi) is 6.76. The summed E-state index contributed by atoms with van der Waals surface area (Å²) in [5.74, 6) is -0.221. The fourth-order valence-electron chi connectivity index (χ4n) is 3.13. The first-order valence-corrected chi connectivity index (χ1v) is 10.2. The van der Waals surface area contributed by atoms with Gasteiger partial charge >= 0.3 is 0 Å². The summed E-state index contributed by atoms with van der Waals surface area (Å²) in [5.41, 5.74) is 2.04. The molecular weight excluding hydrogens is 336 g/mol. The molecule has 0 bridgehead atoms. The fourth-order valence-corrected chi connectivity index (χ4v) is 4.03. The lowest BCUT2D eigenvalue weighted by Crippen LogP contribution is -2.53. The van der Waals surface area contributed by atoms with Gasteiger partial charge in [-0.05, 0) is 59.1 Å². The molecule has 0 amide bonds. The third-order valence-corrected chi connectivity index (χ3v) is 6.06. The first-order valence-electron chi connectivity index (χ1n) is 9.09. The van der Waals surface area contributed by atoms with Gasteiger partial charge in [0.1, 0.15) is 0 Å². The van der Waals surface area contributed by atoms with Gasteiger partial charge in [0.15, 0.2) is 5.79 Å². The zero-order valence-electron chi connectivity index (χ0n) is 16.3. The molecule has 1 aliphatic carbocycles. The van der Waals surface area contributed by atoms with Crippen LogP contribution in [0.15, 0.2) is 18.3 Å². The fraction of sp³-hybridized carbons (Fsp3) is 0.737. The van der Waals surface area contributed by atoms with Crippen LogP contribution in [0.25, 0.3) is 0 Å². The predicted octanol–water partition coefficient (Wildman–Crippen LogP) is 3.66. The van der Waals surface area contributed by atoms with Gasteiger partial charge in [-0.1, -0.05) is 6.07 Å². The summed E-state index contributed by atoms with van der Waals surface area (Å²) in [7, 11) is -1.17. The van der Waals surface area contributed by atoms with E-state index in [-0.39, 0.29) is 16.7 Å². The summed E-state index contributed by atoms with van der Waals surface area (Å²) < 4.78 is 27.4. The number of ether oxygens (including phenoxy) is 2. The second kappa shape index (κ2) is 8.25. The molecule has 142 valence electrons. The van der Waals surface area contributed by atoms with Crippen LogP contribution >= 0.6 is 0 Å². The quantitative estimate of drug-likeness (QED) is 0.711. The van der Waals surface area contributed by atoms with E-state index < -0.39 is 16.8 Å². The molecule has 0 aliphatic heterocycles. The van der Waals surface area contributed by atoms with Gasteiger partial charge in [0.25, 0.3) is 0 Å². The van der Waals surface area contributed by atoms with Crippen LogP contribution in [0.5, 0.6) is 0 Å². The van der Waals surface area contributed by atoms with Gasteiger partial charge in [-0.2, -0.15) is 0 Å². The second-order valence-electron chi connectivity index (χ2n) is 7.68. The van der Waals surface area contributed by atoms with Gasteiger partial charge in [0, 0.05) is 32.3 Å². The maximum absolute atomic E-state index is 12.7. The van der Waals surface area contributed by atoms with Crippen LogP contribution in [0, 0.1) is 12.8 Å². The number of aromatic nitrogens is 1. The van der Waals surface area contributed by atoms with Crippen LogP contribution in [0.3, 0.4) is 0 Å².